The second kappa shape index (κ2) is 13.8. The van der Waals surface area contributed by atoms with Crippen LogP contribution in [0, 0.1) is 17.3 Å². The molecule has 2 aliphatic heterocycles. The molecule has 2 aromatic rings. The number of benzene rings is 1. The first-order valence-corrected chi connectivity index (χ1v) is 15.4. The fourth-order valence-electron chi connectivity index (χ4n) is 6.49. The standard InChI is InChI=1S/C32H41F2N4O6.V/c1-6-20-24(17-39)38-16-25(20)43-27-22(35-21-13-12-19(42-29(33)34)14-23(21)36-27)11-9-7-8-10-18-15-32(18,5)44-30(41)37-26(28(38)40)31(2,3)4;/h12-14,18,20,24-26,29H,6-11,15-16H2,1-5H3,(H,37,41);/q-1;/t18-,20+,24-,25+,26-,32-;/m1./s1. The number of fused-ring (bicyclic) bond motifs is 5. The quantitative estimate of drug-likeness (QED) is 0.434. The number of nitrogens with zero attached hydrogens (tertiary/aromatic N) is 3. The van der Waals surface area contributed by atoms with E-state index in [1.807, 2.05) is 40.9 Å². The van der Waals surface area contributed by atoms with Crippen molar-refractivity contribution in [2.45, 2.75) is 110 Å². The molecule has 1 saturated carbocycles. The maximum atomic E-state index is 14.1. The van der Waals surface area contributed by atoms with Gasteiger partial charge in [0.1, 0.15) is 29.2 Å². The van der Waals surface area contributed by atoms with Crippen molar-refractivity contribution in [1.29, 1.82) is 0 Å². The molecule has 1 aliphatic carbocycles. The predicted octanol–water partition coefficient (Wildman–Crippen LogP) is 5.36. The van der Waals surface area contributed by atoms with E-state index in [1.54, 1.807) is 6.07 Å². The molecular weight excluding hydrogens is 625 g/mol. The number of alkyl halides is 2. The summed E-state index contributed by atoms with van der Waals surface area (Å²) in [4.78, 5) is 50.3. The Morgan fingerprint density at radius 2 is 1.93 bits per heavy atom. The van der Waals surface area contributed by atoms with Gasteiger partial charge in [0, 0.05) is 30.5 Å². The predicted molar refractivity (Wildman–Crippen MR) is 157 cm³/mol. The normalized spacial score (nSPS) is 29.2. The van der Waals surface area contributed by atoms with Crippen LogP contribution in [-0.2, 0) is 39.3 Å². The van der Waals surface area contributed by atoms with Crippen molar-refractivity contribution in [2.24, 2.45) is 17.3 Å². The van der Waals surface area contributed by atoms with Gasteiger partial charge in [0.25, 0.3) is 0 Å². The molecule has 2 amide bonds. The number of nitrogens with one attached hydrogen (secondary N) is 1. The van der Waals surface area contributed by atoms with Gasteiger partial charge in [-0.15, -0.1) is 0 Å². The van der Waals surface area contributed by atoms with Gasteiger partial charge < -0.3 is 29.2 Å². The first kappa shape index (κ1) is 34.9. The number of hydrogen-bond donors (Lipinski definition) is 1. The van der Waals surface area contributed by atoms with Gasteiger partial charge in [0.05, 0.1) is 17.6 Å². The summed E-state index contributed by atoms with van der Waals surface area (Å²) in [5.41, 5.74) is 0.185. The van der Waals surface area contributed by atoms with Crippen molar-refractivity contribution < 1.29 is 55.9 Å². The van der Waals surface area contributed by atoms with E-state index in [9.17, 15) is 23.2 Å². The first-order chi connectivity index (χ1) is 20.8. The van der Waals surface area contributed by atoms with E-state index >= 15 is 0 Å². The third kappa shape index (κ3) is 7.70. The number of rotatable bonds is 4. The van der Waals surface area contributed by atoms with Crippen molar-refractivity contribution in [3.05, 3.63) is 23.9 Å². The van der Waals surface area contributed by atoms with Crippen LogP contribution in [0.3, 0.4) is 0 Å². The van der Waals surface area contributed by atoms with Crippen LogP contribution in [-0.4, -0.2) is 70.1 Å². The fourth-order valence-corrected chi connectivity index (χ4v) is 6.49. The number of aryl methyl sites for hydroxylation is 1. The molecule has 1 N–H and O–H groups in total. The van der Waals surface area contributed by atoms with Crippen molar-refractivity contribution in [3.8, 4) is 11.6 Å². The third-order valence-corrected chi connectivity index (χ3v) is 9.15. The van der Waals surface area contributed by atoms with E-state index in [4.69, 9.17) is 14.5 Å². The molecule has 45 heavy (non-hydrogen) atoms. The van der Waals surface area contributed by atoms with Gasteiger partial charge >= 0.3 is 12.7 Å². The van der Waals surface area contributed by atoms with Crippen molar-refractivity contribution in [1.82, 2.24) is 20.2 Å². The molecule has 2 bridgehead atoms. The summed E-state index contributed by atoms with van der Waals surface area (Å²) >= 11 is 0. The number of ether oxygens (including phenoxy) is 3. The Morgan fingerprint density at radius 1 is 1.18 bits per heavy atom. The molecule has 1 aromatic carbocycles. The number of halogens is 2. The zero-order chi connectivity index (χ0) is 31.8. The van der Waals surface area contributed by atoms with Gasteiger partial charge in [-0.3, -0.25) is 4.79 Å². The zero-order valence-corrected chi connectivity index (χ0v) is 27.7. The average molecular weight is 667 g/mol. The summed E-state index contributed by atoms with van der Waals surface area (Å²) in [6.45, 7) is 6.42. The summed E-state index contributed by atoms with van der Waals surface area (Å²) in [5, 5.41) is 2.80. The number of amides is 2. The molecule has 13 heteroatoms. The van der Waals surface area contributed by atoms with Crippen LogP contribution in [0.1, 0.15) is 78.8 Å². The summed E-state index contributed by atoms with van der Waals surface area (Å²) in [5.74, 6) is -0.411. The van der Waals surface area contributed by atoms with Crippen LogP contribution in [0.25, 0.3) is 11.0 Å². The van der Waals surface area contributed by atoms with Crippen LogP contribution in [0.15, 0.2) is 18.2 Å². The summed E-state index contributed by atoms with van der Waals surface area (Å²) in [6.07, 6.45) is 6.15. The molecule has 0 spiro atoms. The summed E-state index contributed by atoms with van der Waals surface area (Å²) < 4.78 is 42.7. The van der Waals surface area contributed by atoms with E-state index in [-0.39, 0.29) is 42.6 Å². The van der Waals surface area contributed by atoms with E-state index in [2.05, 4.69) is 15.0 Å². The molecule has 0 unspecified atom stereocenters. The maximum absolute atomic E-state index is 14.1. The molecule has 1 aromatic heterocycles. The van der Waals surface area contributed by atoms with Crippen LogP contribution in [0.2, 0.25) is 0 Å². The smallest absolute Gasteiger partial charge is 0.408 e. The van der Waals surface area contributed by atoms with E-state index in [1.165, 1.54) is 17.0 Å². The number of carbonyl (C=O) groups is 2. The zero-order valence-electron chi connectivity index (χ0n) is 26.3. The number of carbonyl (C=O) groups excluding carboxylic acids is 3. The van der Waals surface area contributed by atoms with Crippen LogP contribution >= 0.6 is 0 Å². The van der Waals surface area contributed by atoms with E-state index in [0.29, 0.717) is 29.6 Å². The number of aromatic nitrogens is 2. The average Bonchev–Trinajstić information content (AvgIpc) is 3.43. The fraction of sp³-hybridized carbons (Fsp3) is 0.656. The first-order valence-electron chi connectivity index (χ1n) is 15.4. The Kier molecular flexibility index (Phi) is 10.7. The number of alkyl carbamates (subject to hydrolysis) is 1. The molecule has 5 rings (SSSR count). The molecule has 1 radical (unpaired) electrons. The van der Waals surface area contributed by atoms with Crippen molar-refractivity contribution in [3.63, 3.8) is 0 Å². The van der Waals surface area contributed by atoms with Gasteiger partial charge in [-0.25, -0.2) is 21.0 Å². The van der Waals surface area contributed by atoms with Crippen LogP contribution in [0.4, 0.5) is 13.6 Å². The third-order valence-electron chi connectivity index (χ3n) is 9.15. The minimum Gasteiger partial charge on any atom is -0.540 e. The minimum absolute atomic E-state index is 0. The van der Waals surface area contributed by atoms with E-state index in [0.717, 1.165) is 32.1 Å². The topological polar surface area (TPSA) is 120 Å². The van der Waals surface area contributed by atoms with Gasteiger partial charge in [-0.05, 0) is 56.1 Å². The minimum atomic E-state index is -2.98. The second-order valence-corrected chi connectivity index (χ2v) is 13.4. The van der Waals surface area contributed by atoms with Gasteiger partial charge in [0.2, 0.25) is 11.8 Å². The van der Waals surface area contributed by atoms with Crippen LogP contribution < -0.4 is 14.8 Å². The second-order valence-electron chi connectivity index (χ2n) is 13.4. The molecule has 3 heterocycles. The van der Waals surface area contributed by atoms with Gasteiger partial charge in [0.15, 0.2) is 0 Å². The molecule has 3 aliphatic rings. The Bertz CT molecular complexity index is 1410. The SMILES string of the molecule is CC[C@@H]1[C@@H]2CN(C(=O)[C@H](C(C)(C)C)NC(=O)O[C@]3(C)C[C@H]3CCCCCc3nc4ccc(OC(F)F)cc4nc3O2)[C@@H]1[C-]=O.[V]. The molecule has 1 saturated heterocycles. The van der Waals surface area contributed by atoms with E-state index < -0.39 is 53.7 Å². The largest absolute Gasteiger partial charge is 0.540 e. The van der Waals surface area contributed by atoms with Gasteiger partial charge in [-0.2, -0.15) is 8.78 Å². The Hall–Kier alpha value is -2.99. The van der Waals surface area contributed by atoms with Crippen molar-refractivity contribution in [2.75, 3.05) is 6.54 Å². The molecule has 6 atom stereocenters. The maximum Gasteiger partial charge on any atom is 0.408 e. The van der Waals surface area contributed by atoms with Crippen molar-refractivity contribution >= 4 is 29.3 Å². The number of hydrogen-bond acceptors (Lipinski definition) is 8. The molecule has 245 valence electrons. The summed E-state index contributed by atoms with van der Waals surface area (Å²) in [6, 6.07) is 2.53. The monoisotopic (exact) mass is 666 g/mol. The molecular formula is C32H41F2N4O6V-. The Labute approximate surface area is 274 Å². The Morgan fingerprint density at radius 3 is 2.60 bits per heavy atom. The van der Waals surface area contributed by atoms with Crippen LogP contribution in [0.5, 0.6) is 11.6 Å². The Balaban J connectivity index is 0.00000461. The molecule has 2 fully saturated rings. The molecule has 10 nitrogen and oxygen atoms in total. The summed E-state index contributed by atoms with van der Waals surface area (Å²) in [7, 11) is 0. The van der Waals surface area contributed by atoms with Gasteiger partial charge in [-0.1, -0.05) is 53.0 Å².